The lowest BCUT2D eigenvalue weighted by molar-refractivity contribution is -0.104. The highest BCUT2D eigenvalue weighted by Crippen LogP contribution is 2.16. The molecule has 172 valence electrons. The minimum atomic E-state index is -3.71. The lowest BCUT2D eigenvalue weighted by Gasteiger charge is -2.27. The fourth-order valence-corrected chi connectivity index (χ4v) is 3.48. The smallest absolute Gasteiger partial charge is 0.264 e. The molecule has 0 aliphatic heterocycles. The van der Waals surface area contributed by atoms with Gasteiger partial charge in [0.25, 0.3) is 20.2 Å². The van der Waals surface area contributed by atoms with Crippen molar-refractivity contribution in [2.75, 3.05) is 25.7 Å². The summed E-state index contributed by atoms with van der Waals surface area (Å²) in [5.74, 6) is 0. The highest BCUT2D eigenvalue weighted by Gasteiger charge is 2.26. The maximum absolute atomic E-state index is 11.5. The van der Waals surface area contributed by atoms with Crippen LogP contribution in [0.4, 0.5) is 0 Å². The molecule has 0 heterocycles. The maximum Gasteiger partial charge on any atom is 0.264 e. The molecule has 2 aromatic rings. The summed E-state index contributed by atoms with van der Waals surface area (Å²) < 4.78 is 67.5. The number of ether oxygens (including phenoxy) is 2. The third-order valence-electron chi connectivity index (χ3n) is 4.17. The second-order valence-corrected chi connectivity index (χ2v) is 10.3. The number of hydrogen-bond donors (Lipinski definition) is 0. The molecule has 2 aromatic carbocycles. The van der Waals surface area contributed by atoms with E-state index in [1.807, 2.05) is 60.7 Å². The maximum atomic E-state index is 11.5. The van der Waals surface area contributed by atoms with Gasteiger partial charge in [0.05, 0.1) is 45.0 Å². The van der Waals surface area contributed by atoms with Crippen molar-refractivity contribution in [1.82, 2.24) is 0 Å². The van der Waals surface area contributed by atoms with Crippen LogP contribution in [0.15, 0.2) is 60.7 Å². The molecule has 0 aliphatic carbocycles. The molecule has 0 aliphatic rings. The minimum absolute atomic E-state index is 0.137. The van der Waals surface area contributed by atoms with Crippen molar-refractivity contribution in [3.8, 4) is 0 Å². The zero-order valence-corrected chi connectivity index (χ0v) is 19.2. The molecule has 0 N–H and O–H groups in total. The summed E-state index contributed by atoms with van der Waals surface area (Å²) in [7, 11) is -7.34. The molecule has 10 heteroatoms. The predicted octanol–water partition coefficient (Wildman–Crippen LogP) is 2.50. The first-order valence-electron chi connectivity index (χ1n) is 9.62. The van der Waals surface area contributed by atoms with E-state index in [0.717, 1.165) is 23.6 Å². The summed E-state index contributed by atoms with van der Waals surface area (Å²) in [4.78, 5) is 0. The first-order chi connectivity index (χ1) is 14.6. The van der Waals surface area contributed by atoms with Crippen LogP contribution >= 0.6 is 0 Å². The SMILES string of the molecule is CS(=O)(=O)OCC[C@H](OCc1ccccc1)[C@@H](COS(C)(=O)=O)OCc1ccccc1. The van der Waals surface area contributed by atoms with Crippen LogP contribution in [0.1, 0.15) is 17.5 Å². The Morgan fingerprint density at radius 3 is 1.58 bits per heavy atom. The predicted molar refractivity (Wildman–Crippen MR) is 116 cm³/mol. The molecular weight excluding hydrogens is 444 g/mol. The van der Waals surface area contributed by atoms with Crippen LogP contribution in [0.5, 0.6) is 0 Å². The van der Waals surface area contributed by atoms with Crippen LogP contribution in [0.25, 0.3) is 0 Å². The van der Waals surface area contributed by atoms with E-state index in [-0.39, 0.29) is 32.8 Å². The first-order valence-corrected chi connectivity index (χ1v) is 13.3. The van der Waals surface area contributed by atoms with Crippen molar-refractivity contribution in [1.29, 1.82) is 0 Å². The molecule has 0 bridgehead atoms. The molecule has 0 unspecified atom stereocenters. The van der Waals surface area contributed by atoms with E-state index in [1.165, 1.54) is 0 Å². The summed E-state index contributed by atoms with van der Waals surface area (Å²) in [6.07, 6.45) is 0.623. The molecule has 2 rings (SSSR count). The molecule has 0 amide bonds. The molecule has 0 radical (unpaired) electrons. The topological polar surface area (TPSA) is 105 Å². The van der Waals surface area contributed by atoms with Crippen LogP contribution in [0.3, 0.4) is 0 Å². The van der Waals surface area contributed by atoms with Crippen LogP contribution in [0.2, 0.25) is 0 Å². The molecule has 8 nitrogen and oxygen atoms in total. The number of benzene rings is 2. The normalized spacial score (nSPS) is 14.3. The first kappa shape index (κ1) is 25.4. The fourth-order valence-electron chi connectivity index (χ4n) is 2.70. The largest absolute Gasteiger partial charge is 0.371 e. The van der Waals surface area contributed by atoms with Crippen molar-refractivity contribution in [3.63, 3.8) is 0 Å². The van der Waals surface area contributed by atoms with E-state index in [0.29, 0.717) is 0 Å². The Morgan fingerprint density at radius 2 is 1.13 bits per heavy atom. The average Bonchev–Trinajstić information content (AvgIpc) is 2.71. The summed E-state index contributed by atoms with van der Waals surface area (Å²) >= 11 is 0. The molecule has 31 heavy (non-hydrogen) atoms. The van der Waals surface area contributed by atoms with Gasteiger partial charge in [-0.05, 0) is 11.1 Å². The fraction of sp³-hybridized carbons (Fsp3) is 0.429. The molecular formula is C21H28O8S2. The standard InChI is InChI=1S/C21H28O8S2/c1-30(22,23)28-14-13-20(26-15-18-9-5-3-6-10-18)21(17-29-31(2,24)25)27-16-19-11-7-4-8-12-19/h3-12,20-21H,13-17H2,1-2H3/t20-,21+/m0/s1. The number of hydrogen-bond acceptors (Lipinski definition) is 8. The Kier molecular flexibility index (Phi) is 10.1. The van der Waals surface area contributed by atoms with Crippen LogP contribution in [-0.4, -0.2) is 54.8 Å². The zero-order valence-electron chi connectivity index (χ0n) is 17.5. The van der Waals surface area contributed by atoms with Gasteiger partial charge in [-0.2, -0.15) is 16.8 Å². The Hall–Kier alpha value is -1.82. The number of rotatable bonds is 14. The Bertz CT molecular complexity index is 977. The van der Waals surface area contributed by atoms with E-state index in [4.69, 9.17) is 17.8 Å². The average molecular weight is 473 g/mol. The van der Waals surface area contributed by atoms with Crippen molar-refractivity contribution < 1.29 is 34.7 Å². The van der Waals surface area contributed by atoms with Gasteiger partial charge in [0.2, 0.25) is 0 Å². The van der Waals surface area contributed by atoms with E-state index in [2.05, 4.69) is 0 Å². The van der Waals surface area contributed by atoms with Crippen LogP contribution in [-0.2, 0) is 51.3 Å². The second kappa shape index (κ2) is 12.3. The van der Waals surface area contributed by atoms with Crippen molar-refractivity contribution in [2.45, 2.75) is 31.8 Å². The second-order valence-electron chi connectivity index (χ2n) is 6.97. The third kappa shape index (κ3) is 11.4. The molecule has 0 spiro atoms. The lowest BCUT2D eigenvalue weighted by Crippen LogP contribution is -2.37. The van der Waals surface area contributed by atoms with E-state index >= 15 is 0 Å². The van der Waals surface area contributed by atoms with E-state index < -0.39 is 32.4 Å². The van der Waals surface area contributed by atoms with Gasteiger partial charge < -0.3 is 9.47 Å². The van der Waals surface area contributed by atoms with Crippen molar-refractivity contribution >= 4 is 20.2 Å². The molecule has 0 saturated heterocycles. The van der Waals surface area contributed by atoms with Gasteiger partial charge in [0.15, 0.2) is 0 Å². The van der Waals surface area contributed by atoms with Gasteiger partial charge >= 0.3 is 0 Å². The van der Waals surface area contributed by atoms with Gasteiger partial charge in [0.1, 0.15) is 6.10 Å². The van der Waals surface area contributed by atoms with Crippen molar-refractivity contribution in [2.24, 2.45) is 0 Å². The summed E-state index contributed by atoms with van der Waals surface area (Å²) in [5, 5.41) is 0. The third-order valence-corrected chi connectivity index (χ3v) is 5.33. The highest BCUT2D eigenvalue weighted by atomic mass is 32.2. The van der Waals surface area contributed by atoms with Gasteiger partial charge in [-0.3, -0.25) is 8.37 Å². The Morgan fingerprint density at radius 1 is 0.677 bits per heavy atom. The summed E-state index contributed by atoms with van der Waals surface area (Å²) in [6.45, 7) is 0.0254. The van der Waals surface area contributed by atoms with Gasteiger partial charge in [-0.15, -0.1) is 0 Å². The quantitative estimate of drug-likeness (QED) is 0.386. The van der Waals surface area contributed by atoms with Gasteiger partial charge in [-0.1, -0.05) is 60.7 Å². The Labute approximate surface area is 184 Å². The van der Waals surface area contributed by atoms with Crippen LogP contribution in [0, 0.1) is 0 Å². The molecule has 0 fully saturated rings. The van der Waals surface area contributed by atoms with Gasteiger partial charge in [0, 0.05) is 6.42 Å². The Balaban J connectivity index is 2.13. The zero-order chi connectivity index (χ0) is 22.7. The summed E-state index contributed by atoms with van der Waals surface area (Å²) in [5.41, 5.74) is 1.79. The minimum Gasteiger partial charge on any atom is -0.371 e. The summed E-state index contributed by atoms with van der Waals surface area (Å²) in [6, 6.07) is 18.8. The van der Waals surface area contributed by atoms with E-state index in [1.54, 1.807) is 0 Å². The highest BCUT2D eigenvalue weighted by molar-refractivity contribution is 7.86. The van der Waals surface area contributed by atoms with Crippen LogP contribution < -0.4 is 0 Å². The molecule has 0 aromatic heterocycles. The molecule has 2 atom stereocenters. The van der Waals surface area contributed by atoms with Crippen molar-refractivity contribution in [3.05, 3.63) is 71.8 Å². The molecule has 0 saturated carbocycles. The lowest BCUT2D eigenvalue weighted by atomic mass is 10.1. The monoisotopic (exact) mass is 472 g/mol. The van der Waals surface area contributed by atoms with Gasteiger partial charge in [-0.25, -0.2) is 0 Å². The van der Waals surface area contributed by atoms with E-state index in [9.17, 15) is 16.8 Å².